The van der Waals surface area contributed by atoms with E-state index in [1.54, 1.807) is 6.92 Å². The highest BCUT2D eigenvalue weighted by atomic mass is 32.1. The number of H-pyrrole nitrogens is 1. The van der Waals surface area contributed by atoms with Gasteiger partial charge < -0.3 is 5.11 Å². The topological polar surface area (TPSA) is 75.1 Å². The molecule has 0 saturated heterocycles. The summed E-state index contributed by atoms with van der Waals surface area (Å²) in [4.78, 5) is 28.2. The van der Waals surface area contributed by atoms with Crippen molar-refractivity contribution in [2.45, 2.75) is 50.5 Å². The molecule has 1 atom stereocenters. The number of halogens is 3. The van der Waals surface area contributed by atoms with Crippen molar-refractivity contribution in [3.8, 4) is 10.4 Å². The highest BCUT2D eigenvalue weighted by Gasteiger charge is 2.45. The lowest BCUT2D eigenvalue weighted by Gasteiger charge is -2.30. The number of alkyl halides is 2. The Balaban J connectivity index is 1.77. The first-order valence-corrected chi connectivity index (χ1v) is 10.6. The van der Waals surface area contributed by atoms with Crippen LogP contribution < -0.4 is 11.2 Å². The third-order valence-corrected chi connectivity index (χ3v) is 7.40. The van der Waals surface area contributed by atoms with Crippen molar-refractivity contribution in [3.05, 3.63) is 54.8 Å². The van der Waals surface area contributed by atoms with E-state index < -0.39 is 35.5 Å². The minimum Gasteiger partial charge on any atom is -0.396 e. The molecule has 0 amide bonds. The Morgan fingerprint density at radius 1 is 1.30 bits per heavy atom. The van der Waals surface area contributed by atoms with Gasteiger partial charge in [-0.3, -0.25) is 14.3 Å². The lowest BCUT2D eigenvalue weighted by Crippen LogP contribution is -2.33. The zero-order valence-corrected chi connectivity index (χ0v) is 16.9. The fraction of sp³-hybridized carbons (Fsp3) is 0.429. The number of rotatable bonds is 3. The Hall–Kier alpha value is -2.39. The minimum absolute atomic E-state index is 0.0390. The molecule has 0 bridgehead atoms. The number of aromatic amines is 1. The molecule has 2 aliphatic carbocycles. The monoisotopic (exact) mass is 436 g/mol. The van der Waals surface area contributed by atoms with Crippen LogP contribution in [0, 0.1) is 12.7 Å². The molecule has 9 heteroatoms. The van der Waals surface area contributed by atoms with E-state index in [1.165, 1.54) is 22.0 Å². The van der Waals surface area contributed by atoms with Gasteiger partial charge >= 0.3 is 5.69 Å². The summed E-state index contributed by atoms with van der Waals surface area (Å²) in [5, 5.41) is 9.64. The smallest absolute Gasteiger partial charge is 0.329 e. The van der Waals surface area contributed by atoms with Gasteiger partial charge in [0.05, 0.1) is 23.4 Å². The molecule has 30 heavy (non-hydrogen) atoms. The van der Waals surface area contributed by atoms with E-state index in [4.69, 9.17) is 0 Å². The molecule has 158 valence electrons. The first-order valence-electron chi connectivity index (χ1n) is 9.82. The average molecular weight is 436 g/mol. The van der Waals surface area contributed by atoms with Gasteiger partial charge in [-0.05, 0) is 49.4 Å². The molecular weight excluding hydrogens is 417 g/mol. The molecule has 1 aromatic carbocycles. The maximum atomic E-state index is 15.2. The van der Waals surface area contributed by atoms with Gasteiger partial charge in [0, 0.05) is 27.8 Å². The third-order valence-electron chi connectivity index (χ3n) is 6.17. The summed E-state index contributed by atoms with van der Waals surface area (Å²) >= 11 is 1.23. The number of fused-ring (bicyclic) bond motifs is 2. The van der Waals surface area contributed by atoms with Crippen LogP contribution in [-0.4, -0.2) is 27.2 Å². The second kappa shape index (κ2) is 6.55. The van der Waals surface area contributed by atoms with Crippen molar-refractivity contribution >= 4 is 22.2 Å². The lowest BCUT2D eigenvalue weighted by molar-refractivity contribution is -0.0554. The average Bonchev–Trinajstić information content (AvgIpc) is 3.41. The van der Waals surface area contributed by atoms with Crippen molar-refractivity contribution in [2.24, 2.45) is 0 Å². The largest absolute Gasteiger partial charge is 0.396 e. The van der Waals surface area contributed by atoms with E-state index in [0.717, 1.165) is 18.9 Å². The first kappa shape index (κ1) is 19.6. The fourth-order valence-corrected chi connectivity index (χ4v) is 5.86. The van der Waals surface area contributed by atoms with Gasteiger partial charge in [0.1, 0.15) is 5.82 Å². The van der Waals surface area contributed by atoms with Crippen LogP contribution in [0.4, 0.5) is 13.2 Å². The highest BCUT2D eigenvalue weighted by molar-refractivity contribution is 7.15. The maximum Gasteiger partial charge on any atom is 0.329 e. The molecule has 1 fully saturated rings. The molecule has 5 nitrogen and oxygen atoms in total. The summed E-state index contributed by atoms with van der Waals surface area (Å²) in [7, 11) is 0. The molecule has 0 radical (unpaired) electrons. The van der Waals surface area contributed by atoms with E-state index in [0.29, 0.717) is 26.4 Å². The number of nitrogens with one attached hydrogen (secondary N) is 1. The third kappa shape index (κ3) is 2.79. The molecule has 2 aliphatic rings. The van der Waals surface area contributed by atoms with Crippen LogP contribution >= 0.6 is 11.3 Å². The van der Waals surface area contributed by atoms with Crippen LogP contribution in [0.3, 0.4) is 0 Å². The molecular formula is C21H19F3N2O3S. The Kier molecular flexibility index (Phi) is 4.27. The molecule has 2 heterocycles. The van der Waals surface area contributed by atoms with Crippen LogP contribution in [0.1, 0.15) is 47.2 Å². The number of aryl methyl sites for hydroxylation is 2. The normalized spacial score (nSPS) is 20.5. The number of benzene rings is 1. The van der Waals surface area contributed by atoms with Gasteiger partial charge in [0.2, 0.25) is 0 Å². The quantitative estimate of drug-likeness (QED) is 0.655. The first-order chi connectivity index (χ1) is 14.2. The Labute approximate surface area is 172 Å². The molecule has 0 aliphatic heterocycles. The van der Waals surface area contributed by atoms with Crippen molar-refractivity contribution in [2.75, 3.05) is 6.61 Å². The number of aromatic nitrogens is 2. The Morgan fingerprint density at radius 3 is 2.70 bits per heavy atom. The van der Waals surface area contributed by atoms with E-state index in [9.17, 15) is 23.5 Å². The number of aliphatic hydroxyl groups is 1. The van der Waals surface area contributed by atoms with Crippen LogP contribution in [0.5, 0.6) is 0 Å². The predicted molar refractivity (Wildman–Crippen MR) is 108 cm³/mol. The molecule has 5 rings (SSSR count). The van der Waals surface area contributed by atoms with E-state index in [2.05, 4.69) is 4.98 Å². The molecule has 1 saturated carbocycles. The van der Waals surface area contributed by atoms with Crippen molar-refractivity contribution in [1.29, 1.82) is 0 Å². The molecule has 0 spiro atoms. The summed E-state index contributed by atoms with van der Waals surface area (Å²) in [6.45, 7) is 0.960. The van der Waals surface area contributed by atoms with Crippen molar-refractivity contribution in [1.82, 2.24) is 9.55 Å². The molecule has 3 aromatic rings. The zero-order chi connectivity index (χ0) is 21.4. The number of aliphatic hydroxyl groups excluding tert-OH is 1. The van der Waals surface area contributed by atoms with Gasteiger partial charge in [-0.25, -0.2) is 18.0 Å². The number of hydrogen-bond acceptors (Lipinski definition) is 4. The number of thiophene rings is 1. The maximum absolute atomic E-state index is 15.2. The van der Waals surface area contributed by atoms with Crippen molar-refractivity contribution in [3.63, 3.8) is 0 Å². The fourth-order valence-electron chi connectivity index (χ4n) is 4.53. The van der Waals surface area contributed by atoms with Crippen LogP contribution in [0.15, 0.2) is 21.7 Å². The number of nitrogens with zero attached hydrogens (tertiary/aromatic N) is 1. The summed E-state index contributed by atoms with van der Waals surface area (Å²) < 4.78 is 45.2. The summed E-state index contributed by atoms with van der Waals surface area (Å²) in [6.07, 6.45) is 1.40. The standard InChI is InChI=1S/C21H19F3N2O3S/c1-9-17(16-7-11-13(8-27)21(23,24)5-4-15(11)30-16)14(22)6-12-18(9)26(10-2-3-10)20(29)25-19(12)28/h6-7,10,13,27H,2-5,8H2,1H3,(H,25,28,29). The SMILES string of the molecule is Cc1c(-c2cc3c(s2)CCC(F)(F)C3CO)c(F)cc2c(=O)[nH]c(=O)n(C3CC3)c12. The minimum atomic E-state index is -3.02. The van der Waals surface area contributed by atoms with Crippen LogP contribution in [0.25, 0.3) is 21.3 Å². The van der Waals surface area contributed by atoms with Crippen LogP contribution in [0.2, 0.25) is 0 Å². The summed E-state index contributed by atoms with van der Waals surface area (Å²) in [5.41, 5.74) is 0.204. The van der Waals surface area contributed by atoms with Gasteiger partial charge in [-0.2, -0.15) is 0 Å². The molecule has 2 N–H and O–H groups in total. The Morgan fingerprint density at radius 2 is 2.03 bits per heavy atom. The second-order valence-corrected chi connectivity index (χ2v) is 9.24. The predicted octanol–water partition coefficient (Wildman–Crippen LogP) is 3.86. The lowest BCUT2D eigenvalue weighted by atomic mass is 9.84. The summed E-state index contributed by atoms with van der Waals surface area (Å²) in [5.74, 6) is -4.98. The van der Waals surface area contributed by atoms with E-state index >= 15 is 4.39 Å². The molecule has 1 unspecified atom stereocenters. The Bertz CT molecular complexity index is 1300. The van der Waals surface area contributed by atoms with E-state index in [-0.39, 0.29) is 29.8 Å². The van der Waals surface area contributed by atoms with Crippen molar-refractivity contribution < 1.29 is 18.3 Å². The van der Waals surface area contributed by atoms with E-state index in [1.807, 2.05) is 0 Å². The second-order valence-electron chi connectivity index (χ2n) is 8.10. The number of hydrogen-bond donors (Lipinski definition) is 2. The van der Waals surface area contributed by atoms with Gasteiger partial charge in [-0.15, -0.1) is 11.3 Å². The van der Waals surface area contributed by atoms with Gasteiger partial charge in [-0.1, -0.05) is 0 Å². The van der Waals surface area contributed by atoms with Gasteiger partial charge in [0.25, 0.3) is 11.5 Å². The van der Waals surface area contributed by atoms with Crippen LogP contribution in [-0.2, 0) is 6.42 Å². The zero-order valence-electron chi connectivity index (χ0n) is 16.1. The summed E-state index contributed by atoms with van der Waals surface area (Å²) in [6, 6.07) is 2.60. The van der Waals surface area contributed by atoms with Gasteiger partial charge in [0.15, 0.2) is 0 Å². The molecule has 2 aromatic heterocycles. The highest BCUT2D eigenvalue weighted by Crippen LogP contribution is 2.49.